The van der Waals surface area contributed by atoms with Crippen LogP contribution in [0.3, 0.4) is 0 Å². The number of carbonyl (C=O) groups excluding carboxylic acids is 1. The lowest BCUT2D eigenvalue weighted by molar-refractivity contribution is -0.108. The van der Waals surface area contributed by atoms with E-state index in [1.807, 2.05) is 0 Å². The molecule has 0 aromatic rings. The Morgan fingerprint density at radius 3 is 2.18 bits per heavy atom. The molecule has 5 nitrogen and oxygen atoms in total. The number of hydrogen-bond acceptors (Lipinski definition) is 5. The molecule has 2 rings (SSSR count). The summed E-state index contributed by atoms with van der Waals surface area (Å²) in [5.74, 6) is 0.760. The van der Waals surface area contributed by atoms with Crippen molar-refractivity contribution in [1.29, 1.82) is 0 Å². The number of ether oxygens (including phenoxy) is 1. The molecular weight excluding hydrogens is 316 g/mol. The number of epoxide rings is 1. The van der Waals surface area contributed by atoms with Crippen LogP contribution in [0.1, 0.15) is 32.6 Å². The minimum absolute atomic E-state index is 0.204. The van der Waals surface area contributed by atoms with Crippen LogP contribution in [0.5, 0.6) is 0 Å². The monoisotopic (exact) mass is 346 g/mol. The molecule has 1 heterocycles. The Balaban J connectivity index is 0.000000346. The molecule has 3 atom stereocenters. The van der Waals surface area contributed by atoms with Crippen LogP contribution in [0.4, 0.5) is 0 Å². The second-order valence-electron chi connectivity index (χ2n) is 6.06. The van der Waals surface area contributed by atoms with E-state index in [9.17, 15) is 4.79 Å². The highest BCUT2D eigenvalue weighted by molar-refractivity contribution is 6.62. The maximum atomic E-state index is 10.1. The van der Waals surface area contributed by atoms with Gasteiger partial charge in [-0.1, -0.05) is 6.58 Å². The summed E-state index contributed by atoms with van der Waals surface area (Å²) in [6, 6.07) is 0.915. The van der Waals surface area contributed by atoms with Crippen LogP contribution in [0.25, 0.3) is 0 Å². The predicted octanol–water partition coefficient (Wildman–Crippen LogP) is 1.28. The van der Waals surface area contributed by atoms with Gasteiger partial charge in [-0.15, -0.1) is 0 Å². The molecule has 0 N–H and O–H groups in total. The fourth-order valence-electron chi connectivity index (χ4n) is 2.69. The highest BCUT2D eigenvalue weighted by Gasteiger charge is 2.45. The van der Waals surface area contributed by atoms with Gasteiger partial charge in [0, 0.05) is 27.4 Å². The lowest BCUT2D eigenvalue weighted by Gasteiger charge is -2.27. The van der Waals surface area contributed by atoms with Crippen molar-refractivity contribution < 1.29 is 22.8 Å². The molecule has 0 radical (unpaired) electrons. The van der Waals surface area contributed by atoms with Gasteiger partial charge in [-0.3, -0.25) is 0 Å². The fourth-order valence-corrected chi connectivity index (χ4v) is 4.56. The lowest BCUT2D eigenvalue weighted by atomic mass is 9.88. The smallest absolute Gasteiger partial charge is 0.377 e. The molecule has 3 unspecified atom stereocenters. The van der Waals surface area contributed by atoms with Crippen LogP contribution < -0.4 is 0 Å². The van der Waals surface area contributed by atoms with E-state index >= 15 is 0 Å². The van der Waals surface area contributed by atoms with Gasteiger partial charge in [0.1, 0.15) is 5.41 Å². The second-order valence-corrected chi connectivity index (χ2v) is 10.1. The van der Waals surface area contributed by atoms with Crippen LogP contribution in [0, 0.1) is 5.92 Å². The van der Waals surface area contributed by atoms with Gasteiger partial charge in [-0.25, -0.2) is 0 Å². The molecule has 2 fully saturated rings. The topological polar surface area (TPSA) is 57.3 Å². The molecule has 1 saturated heterocycles. The third-order valence-corrected chi connectivity index (χ3v) is 8.13. The van der Waals surface area contributed by atoms with Gasteiger partial charge in [0.2, 0.25) is 0 Å². The van der Waals surface area contributed by atoms with E-state index < -0.39 is 8.80 Å². The molecule has 7 heteroatoms. The van der Waals surface area contributed by atoms with E-state index in [0.29, 0.717) is 28.0 Å². The molecule has 1 aliphatic heterocycles. The summed E-state index contributed by atoms with van der Waals surface area (Å²) in [6.45, 7) is 5.17. The van der Waals surface area contributed by atoms with Gasteiger partial charge in [-0.05, 0) is 44.1 Å². The summed E-state index contributed by atoms with van der Waals surface area (Å²) in [6.07, 6.45) is 6.01. The summed E-state index contributed by atoms with van der Waals surface area (Å²) in [5, 5.41) is 0.204. The zero-order valence-corrected chi connectivity index (χ0v) is 17.5. The van der Waals surface area contributed by atoms with Crippen molar-refractivity contribution in [2.75, 3.05) is 21.3 Å². The van der Waals surface area contributed by atoms with Gasteiger partial charge >= 0.3 is 8.80 Å². The Hall–Kier alpha value is -0.316. The predicted molar refractivity (Wildman–Crippen MR) is 92.0 cm³/mol. The zero-order valence-electron chi connectivity index (χ0n) is 14.5. The van der Waals surface area contributed by atoms with E-state index in [-0.39, 0.29) is 5.41 Å². The van der Waals surface area contributed by atoms with Gasteiger partial charge < -0.3 is 22.8 Å². The van der Waals surface area contributed by atoms with Crippen LogP contribution in [-0.2, 0) is 22.8 Å². The van der Waals surface area contributed by atoms with E-state index in [1.165, 1.54) is 19.3 Å². The molecular formula is C15H30O5Si2. The molecule has 128 valence electrons. The quantitative estimate of drug-likeness (QED) is 0.395. The van der Waals surface area contributed by atoms with E-state index in [4.69, 9.17) is 18.0 Å². The number of carbonyl (C=O) groups is 1. The molecule has 2 aliphatic rings. The molecule has 0 aromatic carbocycles. The number of fused-ring (bicyclic) bond motifs is 1. The van der Waals surface area contributed by atoms with Crippen molar-refractivity contribution >= 4 is 24.5 Å². The summed E-state index contributed by atoms with van der Waals surface area (Å²) >= 11 is 0. The summed E-state index contributed by atoms with van der Waals surface area (Å²) < 4.78 is 21.8. The molecule has 0 amide bonds. The molecule has 0 aromatic heterocycles. The van der Waals surface area contributed by atoms with Crippen LogP contribution in [-0.4, -0.2) is 58.0 Å². The van der Waals surface area contributed by atoms with E-state index in [2.05, 4.69) is 6.58 Å². The SMILES string of the molecule is C=C(C)C(=O)[SiH3].CO[Si](CCC1CCC2OC2C1)(OC)OC. The fraction of sp³-hybridized carbons (Fsp3) is 0.800. The zero-order chi connectivity index (χ0) is 16.8. The van der Waals surface area contributed by atoms with Crippen LogP contribution in [0.2, 0.25) is 6.04 Å². The largest absolute Gasteiger partial charge is 0.500 e. The summed E-state index contributed by atoms with van der Waals surface area (Å²) in [5.41, 5.74) is 0.682. The van der Waals surface area contributed by atoms with Crippen LogP contribution >= 0.6 is 0 Å². The first kappa shape index (κ1) is 19.7. The van der Waals surface area contributed by atoms with Crippen LogP contribution in [0.15, 0.2) is 12.2 Å². The minimum atomic E-state index is -2.35. The molecule has 0 spiro atoms. The van der Waals surface area contributed by atoms with Gasteiger partial charge in [0.25, 0.3) is 0 Å². The van der Waals surface area contributed by atoms with E-state index in [0.717, 1.165) is 18.4 Å². The third-order valence-electron chi connectivity index (χ3n) is 4.51. The molecule has 1 aliphatic carbocycles. The van der Waals surface area contributed by atoms with Gasteiger partial charge in [0.05, 0.1) is 22.5 Å². The minimum Gasteiger partial charge on any atom is -0.377 e. The molecule has 0 bridgehead atoms. The average Bonchev–Trinajstić information content (AvgIpc) is 3.28. The first-order chi connectivity index (χ1) is 10.4. The van der Waals surface area contributed by atoms with Crippen molar-refractivity contribution in [2.24, 2.45) is 5.92 Å². The Morgan fingerprint density at radius 1 is 1.23 bits per heavy atom. The summed E-state index contributed by atoms with van der Waals surface area (Å²) in [7, 11) is 3.31. The van der Waals surface area contributed by atoms with Gasteiger partial charge in [0.15, 0.2) is 0 Å². The first-order valence-electron chi connectivity index (χ1n) is 7.84. The Kier molecular flexibility index (Phi) is 8.16. The Bertz CT molecular complexity index is 364. The average molecular weight is 347 g/mol. The standard InChI is InChI=1S/C11H22O4Si.C4H8OSi/c1-12-16(13-2,14-3)7-6-9-4-5-10-11(8-9)15-10;1-3(2)4(5)6/h9-11H,4-8H2,1-3H3;1H2,2,6H3. The first-order valence-corrected chi connectivity index (χ1v) is 10.8. The number of allylic oxidation sites excluding steroid dienone is 1. The van der Waals surface area contributed by atoms with Gasteiger partial charge in [-0.2, -0.15) is 0 Å². The third kappa shape index (κ3) is 6.06. The van der Waals surface area contributed by atoms with Crippen molar-refractivity contribution in [3.05, 3.63) is 12.2 Å². The van der Waals surface area contributed by atoms with Crippen molar-refractivity contribution in [3.8, 4) is 0 Å². The Labute approximate surface area is 138 Å². The lowest BCUT2D eigenvalue weighted by Crippen LogP contribution is -2.43. The Morgan fingerprint density at radius 2 is 1.77 bits per heavy atom. The van der Waals surface area contributed by atoms with E-state index in [1.54, 1.807) is 28.3 Å². The number of rotatable bonds is 7. The maximum absolute atomic E-state index is 10.1. The van der Waals surface area contributed by atoms with Crippen molar-refractivity contribution in [1.82, 2.24) is 0 Å². The highest BCUT2D eigenvalue weighted by Crippen LogP contribution is 2.41. The molecule has 1 saturated carbocycles. The summed E-state index contributed by atoms with van der Waals surface area (Å²) in [4.78, 5) is 10.1. The number of hydrogen-bond donors (Lipinski definition) is 0. The normalized spacial score (nSPS) is 26.6. The van der Waals surface area contributed by atoms with Crippen molar-refractivity contribution in [3.63, 3.8) is 0 Å². The maximum Gasteiger partial charge on any atom is 0.500 e. The highest BCUT2D eigenvalue weighted by atomic mass is 28.4. The van der Waals surface area contributed by atoms with Crippen molar-refractivity contribution in [2.45, 2.75) is 50.9 Å². The molecule has 22 heavy (non-hydrogen) atoms. The second kappa shape index (κ2) is 9.10.